The maximum Gasteiger partial charge on any atom is 0.226 e. The molecule has 5 nitrogen and oxygen atoms in total. The Morgan fingerprint density at radius 2 is 2.09 bits per heavy atom. The molecule has 0 aliphatic carbocycles. The van der Waals surface area contributed by atoms with Gasteiger partial charge in [-0.15, -0.1) is 0 Å². The molecule has 0 radical (unpaired) electrons. The summed E-state index contributed by atoms with van der Waals surface area (Å²) < 4.78 is 19.4. The molecule has 1 aromatic rings. The fourth-order valence-electron chi connectivity index (χ4n) is 2.28. The number of halogens is 1. The molecule has 22 heavy (non-hydrogen) atoms. The van der Waals surface area contributed by atoms with E-state index in [0.717, 1.165) is 0 Å². The molecular formula is C16H23FN2O3. The highest BCUT2D eigenvalue weighted by Gasteiger charge is 2.17. The van der Waals surface area contributed by atoms with Crippen molar-refractivity contribution in [2.24, 2.45) is 5.92 Å². The second-order valence-corrected chi connectivity index (χ2v) is 5.83. The van der Waals surface area contributed by atoms with E-state index in [9.17, 15) is 14.3 Å². The average Bonchev–Trinajstić information content (AvgIpc) is 2.48. The summed E-state index contributed by atoms with van der Waals surface area (Å²) >= 11 is 0. The lowest BCUT2D eigenvalue weighted by Gasteiger charge is -2.29. The van der Waals surface area contributed by atoms with Gasteiger partial charge in [0.25, 0.3) is 0 Å². The van der Waals surface area contributed by atoms with Crippen LogP contribution in [0.3, 0.4) is 0 Å². The van der Waals surface area contributed by atoms with Crippen molar-refractivity contribution in [1.82, 2.24) is 0 Å². The lowest BCUT2D eigenvalue weighted by molar-refractivity contribution is -0.118. The number of aliphatic hydroxyl groups is 1. The van der Waals surface area contributed by atoms with Gasteiger partial charge in [0.05, 0.1) is 31.4 Å². The van der Waals surface area contributed by atoms with Crippen molar-refractivity contribution in [2.45, 2.75) is 26.4 Å². The van der Waals surface area contributed by atoms with Gasteiger partial charge >= 0.3 is 0 Å². The Kier molecular flexibility index (Phi) is 5.74. The van der Waals surface area contributed by atoms with Gasteiger partial charge in [-0.3, -0.25) is 4.79 Å². The normalized spacial score (nSPS) is 16.7. The minimum Gasteiger partial charge on any atom is -0.392 e. The Hall–Kier alpha value is -1.66. The van der Waals surface area contributed by atoms with Crippen molar-refractivity contribution < 1.29 is 19.0 Å². The lowest BCUT2D eigenvalue weighted by Crippen LogP contribution is -2.36. The van der Waals surface area contributed by atoms with E-state index < -0.39 is 6.10 Å². The van der Waals surface area contributed by atoms with Gasteiger partial charge in [0.15, 0.2) is 0 Å². The standard InChI is InChI=1S/C16H23FN2O3/c1-11(2)15(20)10-16(21)18-12-3-4-14(13(17)9-12)19-5-7-22-8-6-19/h3-4,9,11,15,20H,5-8,10H2,1-2H3,(H,18,21). The highest BCUT2D eigenvalue weighted by Crippen LogP contribution is 2.24. The molecule has 0 aromatic heterocycles. The van der Waals surface area contributed by atoms with E-state index in [4.69, 9.17) is 4.74 Å². The zero-order valence-corrected chi connectivity index (χ0v) is 13.0. The maximum absolute atomic E-state index is 14.2. The predicted molar refractivity (Wildman–Crippen MR) is 83.5 cm³/mol. The fraction of sp³-hybridized carbons (Fsp3) is 0.562. The van der Waals surface area contributed by atoms with Crippen LogP contribution in [-0.4, -0.2) is 43.4 Å². The smallest absolute Gasteiger partial charge is 0.226 e. The van der Waals surface area contributed by atoms with Crippen LogP contribution in [0.2, 0.25) is 0 Å². The van der Waals surface area contributed by atoms with E-state index in [1.807, 2.05) is 18.7 Å². The number of carbonyl (C=O) groups excluding carboxylic acids is 1. The SMILES string of the molecule is CC(C)C(O)CC(=O)Nc1ccc(N2CCOCC2)c(F)c1. The lowest BCUT2D eigenvalue weighted by atomic mass is 10.0. The third-order valence-corrected chi connectivity index (χ3v) is 3.75. The number of nitrogens with one attached hydrogen (secondary N) is 1. The van der Waals surface area contributed by atoms with Gasteiger partial charge in [-0.1, -0.05) is 13.8 Å². The summed E-state index contributed by atoms with van der Waals surface area (Å²) in [7, 11) is 0. The second-order valence-electron chi connectivity index (χ2n) is 5.83. The molecule has 2 N–H and O–H groups in total. The second kappa shape index (κ2) is 7.56. The number of ether oxygens (including phenoxy) is 1. The molecule has 0 bridgehead atoms. The molecule has 1 saturated heterocycles. The molecule has 1 aliphatic heterocycles. The van der Waals surface area contributed by atoms with Crippen LogP contribution >= 0.6 is 0 Å². The molecule has 1 atom stereocenters. The summed E-state index contributed by atoms with van der Waals surface area (Å²) in [6.07, 6.45) is -0.692. The number of anilines is 2. The summed E-state index contributed by atoms with van der Waals surface area (Å²) in [5.74, 6) is -0.685. The van der Waals surface area contributed by atoms with Crippen molar-refractivity contribution in [3.63, 3.8) is 0 Å². The molecule has 6 heteroatoms. The number of carbonyl (C=O) groups is 1. The molecule has 1 unspecified atom stereocenters. The quantitative estimate of drug-likeness (QED) is 0.873. The zero-order chi connectivity index (χ0) is 16.1. The number of benzene rings is 1. The molecule has 0 spiro atoms. The number of morpholine rings is 1. The Balaban J connectivity index is 1.98. The van der Waals surface area contributed by atoms with E-state index in [0.29, 0.717) is 37.7 Å². The first-order valence-corrected chi connectivity index (χ1v) is 7.57. The Morgan fingerprint density at radius 3 is 2.68 bits per heavy atom. The number of hydrogen-bond donors (Lipinski definition) is 2. The summed E-state index contributed by atoms with van der Waals surface area (Å²) in [5.41, 5.74) is 0.916. The monoisotopic (exact) mass is 310 g/mol. The summed E-state index contributed by atoms with van der Waals surface area (Å²) in [5, 5.41) is 12.3. The Morgan fingerprint density at radius 1 is 1.41 bits per heavy atom. The van der Waals surface area contributed by atoms with E-state index in [1.54, 1.807) is 12.1 Å². The van der Waals surface area contributed by atoms with Crippen LogP contribution in [0.5, 0.6) is 0 Å². The molecule has 122 valence electrons. The maximum atomic E-state index is 14.2. The average molecular weight is 310 g/mol. The van der Waals surface area contributed by atoms with E-state index in [-0.39, 0.29) is 24.1 Å². The zero-order valence-electron chi connectivity index (χ0n) is 13.0. The van der Waals surface area contributed by atoms with Gasteiger partial charge in [0.2, 0.25) is 5.91 Å². The topological polar surface area (TPSA) is 61.8 Å². The van der Waals surface area contributed by atoms with Crippen LogP contribution in [0.25, 0.3) is 0 Å². The molecule has 0 saturated carbocycles. The van der Waals surface area contributed by atoms with Crippen LogP contribution in [0.15, 0.2) is 18.2 Å². The summed E-state index contributed by atoms with van der Waals surface area (Å²) in [4.78, 5) is 13.7. The number of aliphatic hydroxyl groups excluding tert-OH is 1. The molecule has 1 amide bonds. The number of rotatable bonds is 5. The van der Waals surface area contributed by atoms with Crippen molar-refractivity contribution in [1.29, 1.82) is 0 Å². The van der Waals surface area contributed by atoms with Gasteiger partial charge < -0.3 is 20.1 Å². The fourth-order valence-corrected chi connectivity index (χ4v) is 2.28. The van der Waals surface area contributed by atoms with E-state index in [2.05, 4.69) is 5.32 Å². The van der Waals surface area contributed by atoms with Gasteiger partial charge in [0.1, 0.15) is 5.82 Å². The third kappa shape index (κ3) is 4.42. The molecule has 2 rings (SSSR count). The van der Waals surface area contributed by atoms with E-state index in [1.165, 1.54) is 6.07 Å². The van der Waals surface area contributed by atoms with Gasteiger partial charge in [-0.05, 0) is 24.1 Å². The molecule has 1 aliphatic rings. The third-order valence-electron chi connectivity index (χ3n) is 3.75. The Bertz CT molecular complexity index is 516. The number of amides is 1. The first-order valence-electron chi connectivity index (χ1n) is 7.57. The minimum absolute atomic E-state index is 0.00447. The molecule has 1 aromatic carbocycles. The van der Waals surface area contributed by atoms with Gasteiger partial charge in [-0.25, -0.2) is 4.39 Å². The summed E-state index contributed by atoms with van der Waals surface area (Å²) in [6, 6.07) is 4.65. The predicted octanol–water partition coefficient (Wildman–Crippen LogP) is 2.01. The highest BCUT2D eigenvalue weighted by molar-refractivity contribution is 5.91. The van der Waals surface area contributed by atoms with Crippen LogP contribution < -0.4 is 10.2 Å². The van der Waals surface area contributed by atoms with Crippen molar-refractivity contribution in [3.05, 3.63) is 24.0 Å². The largest absolute Gasteiger partial charge is 0.392 e. The van der Waals surface area contributed by atoms with Gasteiger partial charge in [-0.2, -0.15) is 0 Å². The van der Waals surface area contributed by atoms with Crippen molar-refractivity contribution in [3.8, 4) is 0 Å². The van der Waals surface area contributed by atoms with Crippen molar-refractivity contribution >= 4 is 17.3 Å². The minimum atomic E-state index is -0.697. The van der Waals surface area contributed by atoms with Crippen LogP contribution in [-0.2, 0) is 9.53 Å². The van der Waals surface area contributed by atoms with Crippen LogP contribution in [0.1, 0.15) is 20.3 Å². The highest BCUT2D eigenvalue weighted by atomic mass is 19.1. The molecular weight excluding hydrogens is 287 g/mol. The molecule has 1 heterocycles. The molecule has 1 fully saturated rings. The van der Waals surface area contributed by atoms with Gasteiger partial charge in [0, 0.05) is 18.8 Å². The number of nitrogens with zero attached hydrogens (tertiary/aromatic N) is 1. The number of hydrogen-bond acceptors (Lipinski definition) is 4. The van der Waals surface area contributed by atoms with E-state index >= 15 is 0 Å². The van der Waals surface area contributed by atoms with Crippen molar-refractivity contribution in [2.75, 3.05) is 36.5 Å². The summed E-state index contributed by atoms with van der Waals surface area (Å²) in [6.45, 7) is 6.17. The van der Waals surface area contributed by atoms with Crippen LogP contribution in [0, 0.1) is 11.7 Å². The first-order chi connectivity index (χ1) is 10.5. The Labute approximate surface area is 130 Å². The van der Waals surface area contributed by atoms with Crippen LogP contribution in [0.4, 0.5) is 15.8 Å². The first kappa shape index (κ1) is 16.7.